The Hall–Kier alpha value is -2.86. The number of thioether (sulfide) groups is 1. The molecule has 0 saturated carbocycles. The molecular weight excluding hydrogens is 346 g/mol. The van der Waals surface area contributed by atoms with Crippen LogP contribution in [0.3, 0.4) is 0 Å². The van der Waals surface area contributed by atoms with Crippen LogP contribution in [0.1, 0.15) is 16.8 Å². The lowest BCUT2D eigenvalue weighted by Crippen LogP contribution is -1.82. The molecule has 130 valence electrons. The van der Waals surface area contributed by atoms with Gasteiger partial charge in [-0.25, -0.2) is 4.98 Å². The second kappa shape index (κ2) is 7.17. The second-order valence-corrected chi connectivity index (χ2v) is 6.97. The number of hydrogen-bond donors (Lipinski definition) is 0. The number of aromatic nitrogens is 3. The van der Waals surface area contributed by atoms with E-state index in [9.17, 15) is 0 Å². The maximum absolute atomic E-state index is 5.78. The van der Waals surface area contributed by atoms with E-state index in [1.165, 1.54) is 22.9 Å². The lowest BCUT2D eigenvalue weighted by Gasteiger charge is -2.00. The van der Waals surface area contributed by atoms with Gasteiger partial charge in [-0.3, -0.25) is 0 Å². The van der Waals surface area contributed by atoms with Gasteiger partial charge in [0, 0.05) is 16.9 Å². The number of aryl methyl sites for hydroxylation is 2. The third-order valence-electron chi connectivity index (χ3n) is 3.79. The fourth-order valence-electron chi connectivity index (χ4n) is 2.71. The van der Waals surface area contributed by atoms with E-state index in [0.29, 0.717) is 22.8 Å². The fraction of sp³-hybridized carbons (Fsp3) is 0.150. The van der Waals surface area contributed by atoms with Crippen molar-refractivity contribution < 1.29 is 8.83 Å². The zero-order chi connectivity index (χ0) is 17.9. The van der Waals surface area contributed by atoms with E-state index in [2.05, 4.69) is 35.1 Å². The molecule has 6 heteroatoms. The zero-order valence-electron chi connectivity index (χ0n) is 14.5. The maximum atomic E-state index is 5.78. The fourth-order valence-corrected chi connectivity index (χ4v) is 3.35. The van der Waals surface area contributed by atoms with E-state index >= 15 is 0 Å². The highest BCUT2D eigenvalue weighted by Gasteiger charge is 2.12. The van der Waals surface area contributed by atoms with Crippen LogP contribution in [0.5, 0.6) is 0 Å². The van der Waals surface area contributed by atoms with Crippen molar-refractivity contribution in [3.63, 3.8) is 0 Å². The van der Waals surface area contributed by atoms with Crippen LogP contribution < -0.4 is 0 Å². The topological polar surface area (TPSA) is 65.0 Å². The van der Waals surface area contributed by atoms with Gasteiger partial charge in [0.2, 0.25) is 11.8 Å². The summed E-state index contributed by atoms with van der Waals surface area (Å²) in [7, 11) is 0. The molecule has 0 N–H and O–H groups in total. The normalized spacial score (nSPS) is 11.0. The Labute approximate surface area is 155 Å². The molecule has 0 aliphatic heterocycles. The van der Waals surface area contributed by atoms with Crippen molar-refractivity contribution in [2.45, 2.75) is 24.8 Å². The molecule has 5 nitrogen and oxygen atoms in total. The number of nitrogens with zero attached hydrogens (tertiary/aromatic N) is 3. The smallest absolute Gasteiger partial charge is 0.277 e. The molecule has 0 aliphatic carbocycles. The third kappa shape index (κ3) is 3.70. The molecule has 0 unspecified atom stereocenters. The SMILES string of the molecule is Cc1cc(C)cc(-c2nnc(SCc3coc(-c4ccccc4)n3)o2)c1. The van der Waals surface area contributed by atoms with Crippen LogP contribution in [0.15, 0.2) is 68.9 Å². The summed E-state index contributed by atoms with van der Waals surface area (Å²) in [6, 6.07) is 16.0. The van der Waals surface area contributed by atoms with Crippen LogP contribution in [-0.2, 0) is 5.75 Å². The molecule has 0 amide bonds. The molecule has 4 rings (SSSR count). The average Bonchev–Trinajstić information content (AvgIpc) is 3.29. The van der Waals surface area contributed by atoms with Crippen molar-refractivity contribution >= 4 is 11.8 Å². The lowest BCUT2D eigenvalue weighted by molar-refractivity contribution is 0.465. The van der Waals surface area contributed by atoms with Gasteiger partial charge < -0.3 is 8.83 Å². The summed E-state index contributed by atoms with van der Waals surface area (Å²) in [5.41, 5.74) is 5.07. The van der Waals surface area contributed by atoms with Gasteiger partial charge in [0.25, 0.3) is 5.22 Å². The highest BCUT2D eigenvalue weighted by molar-refractivity contribution is 7.98. The summed E-state index contributed by atoms with van der Waals surface area (Å²) in [5, 5.41) is 8.79. The van der Waals surface area contributed by atoms with Crippen LogP contribution in [0.2, 0.25) is 0 Å². The summed E-state index contributed by atoms with van der Waals surface area (Å²) in [5.74, 6) is 1.75. The first-order valence-electron chi connectivity index (χ1n) is 8.22. The largest absolute Gasteiger partial charge is 0.444 e. The first-order valence-corrected chi connectivity index (χ1v) is 9.21. The third-order valence-corrected chi connectivity index (χ3v) is 4.64. The molecule has 2 aromatic carbocycles. The minimum Gasteiger partial charge on any atom is -0.444 e. The number of rotatable bonds is 5. The maximum Gasteiger partial charge on any atom is 0.277 e. The molecule has 26 heavy (non-hydrogen) atoms. The predicted octanol–water partition coefficient (Wildman–Crippen LogP) is 5.30. The minimum atomic E-state index is 0.517. The first kappa shape index (κ1) is 16.6. The van der Waals surface area contributed by atoms with Gasteiger partial charge in [0.15, 0.2) is 0 Å². The summed E-state index contributed by atoms with van der Waals surface area (Å²) in [6.45, 7) is 4.11. The molecule has 0 spiro atoms. The molecule has 0 atom stereocenters. The van der Waals surface area contributed by atoms with Crippen molar-refractivity contribution in [1.82, 2.24) is 15.2 Å². The quantitative estimate of drug-likeness (QED) is 0.448. The Bertz CT molecular complexity index is 1000. The first-order chi connectivity index (χ1) is 12.7. The summed E-state index contributed by atoms with van der Waals surface area (Å²) in [4.78, 5) is 4.51. The van der Waals surface area contributed by atoms with Crippen molar-refractivity contribution in [2.24, 2.45) is 0 Å². The molecule has 4 aromatic rings. The Morgan fingerprint density at radius 3 is 2.42 bits per heavy atom. The lowest BCUT2D eigenvalue weighted by atomic mass is 10.1. The molecule has 2 aromatic heterocycles. The molecule has 2 heterocycles. The number of hydrogen-bond acceptors (Lipinski definition) is 6. The second-order valence-electron chi connectivity index (χ2n) is 6.05. The zero-order valence-corrected chi connectivity index (χ0v) is 15.3. The van der Waals surface area contributed by atoms with Gasteiger partial charge in [-0.05, 0) is 38.1 Å². The van der Waals surface area contributed by atoms with Crippen LogP contribution in [0.25, 0.3) is 22.9 Å². The van der Waals surface area contributed by atoms with E-state index in [4.69, 9.17) is 8.83 Å². The Morgan fingerprint density at radius 2 is 1.65 bits per heavy atom. The van der Waals surface area contributed by atoms with Crippen molar-refractivity contribution in [3.05, 3.63) is 71.6 Å². The molecule has 0 aliphatic rings. The standard InChI is InChI=1S/C20H17N3O2S/c1-13-8-14(2)10-16(9-13)19-22-23-20(25-19)26-12-17-11-24-18(21-17)15-6-4-3-5-7-15/h3-11H,12H2,1-2H3. The van der Waals surface area contributed by atoms with Gasteiger partial charge in [-0.2, -0.15) is 0 Å². The Morgan fingerprint density at radius 1 is 0.885 bits per heavy atom. The Balaban J connectivity index is 1.44. The predicted molar refractivity (Wildman–Crippen MR) is 101 cm³/mol. The van der Waals surface area contributed by atoms with Gasteiger partial charge in [0.1, 0.15) is 6.26 Å². The van der Waals surface area contributed by atoms with E-state index < -0.39 is 0 Å². The number of oxazole rings is 1. The van der Waals surface area contributed by atoms with E-state index in [1.807, 2.05) is 42.5 Å². The molecule has 0 bridgehead atoms. The van der Waals surface area contributed by atoms with Gasteiger partial charge in [-0.15, -0.1) is 10.2 Å². The van der Waals surface area contributed by atoms with Crippen LogP contribution in [0.4, 0.5) is 0 Å². The summed E-state index contributed by atoms with van der Waals surface area (Å²) >= 11 is 1.44. The average molecular weight is 363 g/mol. The van der Waals surface area contributed by atoms with Gasteiger partial charge in [0.05, 0.1) is 5.69 Å². The summed E-state index contributed by atoms with van der Waals surface area (Å²) < 4.78 is 11.3. The van der Waals surface area contributed by atoms with E-state index in [-0.39, 0.29) is 0 Å². The van der Waals surface area contributed by atoms with Gasteiger partial charge >= 0.3 is 0 Å². The van der Waals surface area contributed by atoms with Crippen LogP contribution in [-0.4, -0.2) is 15.2 Å². The van der Waals surface area contributed by atoms with Crippen LogP contribution >= 0.6 is 11.8 Å². The highest BCUT2D eigenvalue weighted by Crippen LogP contribution is 2.27. The van der Waals surface area contributed by atoms with E-state index in [1.54, 1.807) is 6.26 Å². The molecule has 0 saturated heterocycles. The molecule has 0 fully saturated rings. The monoisotopic (exact) mass is 363 g/mol. The summed E-state index contributed by atoms with van der Waals surface area (Å²) in [6.07, 6.45) is 1.66. The van der Waals surface area contributed by atoms with Crippen molar-refractivity contribution in [3.8, 4) is 22.9 Å². The molecular formula is C20H17N3O2S. The van der Waals surface area contributed by atoms with Gasteiger partial charge in [-0.1, -0.05) is 47.2 Å². The van der Waals surface area contributed by atoms with E-state index in [0.717, 1.165) is 16.8 Å². The number of benzene rings is 2. The molecule has 0 radical (unpaired) electrons. The Kier molecular flexibility index (Phi) is 4.58. The van der Waals surface area contributed by atoms with Crippen LogP contribution in [0, 0.1) is 13.8 Å². The van der Waals surface area contributed by atoms with Crippen molar-refractivity contribution in [1.29, 1.82) is 0 Å². The minimum absolute atomic E-state index is 0.517. The van der Waals surface area contributed by atoms with Crippen molar-refractivity contribution in [2.75, 3.05) is 0 Å². The highest BCUT2D eigenvalue weighted by atomic mass is 32.2.